The molecule has 1 aromatic rings. The van der Waals surface area contributed by atoms with E-state index in [-0.39, 0.29) is 0 Å². The number of rotatable bonds is 6. The first-order chi connectivity index (χ1) is 7.91. The summed E-state index contributed by atoms with van der Waals surface area (Å²) in [5.41, 5.74) is 2.00. The molecule has 1 aromatic heterocycles. The van der Waals surface area contributed by atoms with Gasteiger partial charge in [-0.25, -0.2) is 13.6 Å². The lowest BCUT2D eigenvalue weighted by Crippen LogP contribution is -2.13. The third-order valence-corrected chi connectivity index (χ3v) is 5.47. The summed E-state index contributed by atoms with van der Waals surface area (Å²) in [6, 6.07) is 0. The van der Waals surface area contributed by atoms with E-state index in [0.717, 1.165) is 24.0 Å². The number of hydrogen-bond acceptors (Lipinski definition) is 3. The number of nitrogens with two attached hydrogens (primary N) is 1. The molecule has 0 bridgehead atoms. The van der Waals surface area contributed by atoms with Gasteiger partial charge in [0.05, 0.1) is 0 Å². The number of allylic oxidation sites excluding steroid dienone is 1. The summed E-state index contributed by atoms with van der Waals surface area (Å²) in [7, 11) is -3.60. The van der Waals surface area contributed by atoms with Gasteiger partial charge in [-0.05, 0) is 41.7 Å². The predicted octanol–water partition coefficient (Wildman–Crippen LogP) is 3.03. The molecule has 0 amide bonds. The van der Waals surface area contributed by atoms with Gasteiger partial charge in [0.25, 0.3) is 0 Å². The molecule has 2 N–H and O–H groups in total. The van der Waals surface area contributed by atoms with Gasteiger partial charge in [0, 0.05) is 0 Å². The van der Waals surface area contributed by atoms with Gasteiger partial charge >= 0.3 is 0 Å². The van der Waals surface area contributed by atoms with Crippen LogP contribution in [0.4, 0.5) is 0 Å². The van der Waals surface area contributed by atoms with Crippen molar-refractivity contribution < 1.29 is 8.42 Å². The highest BCUT2D eigenvalue weighted by Crippen LogP contribution is 2.33. The molecule has 0 aliphatic rings. The van der Waals surface area contributed by atoms with Crippen LogP contribution < -0.4 is 5.14 Å². The molecule has 0 aromatic carbocycles. The molecule has 1 heterocycles. The van der Waals surface area contributed by atoms with E-state index in [1.54, 1.807) is 6.08 Å². The van der Waals surface area contributed by atoms with Crippen LogP contribution in [0, 0.1) is 0 Å². The zero-order valence-electron chi connectivity index (χ0n) is 10.3. The number of hydrogen-bond donors (Lipinski definition) is 1. The summed E-state index contributed by atoms with van der Waals surface area (Å²) < 4.78 is 23.3. The van der Waals surface area contributed by atoms with Gasteiger partial charge < -0.3 is 0 Å². The maximum absolute atomic E-state index is 11.5. The van der Waals surface area contributed by atoms with Crippen molar-refractivity contribution in [3.8, 4) is 0 Å². The van der Waals surface area contributed by atoms with Gasteiger partial charge in [-0.1, -0.05) is 19.9 Å². The van der Waals surface area contributed by atoms with Gasteiger partial charge in [0.1, 0.15) is 4.21 Å². The normalized spacial score (nSPS) is 13.6. The number of thiophene rings is 1. The van der Waals surface area contributed by atoms with Crippen molar-refractivity contribution in [3.63, 3.8) is 0 Å². The lowest BCUT2D eigenvalue weighted by atomic mass is 9.96. The van der Waals surface area contributed by atoms with Crippen molar-refractivity contribution in [3.05, 3.63) is 29.2 Å². The Bertz CT molecular complexity index is 489. The molecule has 1 rings (SSSR count). The lowest BCUT2D eigenvalue weighted by molar-refractivity contribution is 0.598. The maximum Gasteiger partial charge on any atom is 0.247 e. The molecule has 1 unspecified atom stereocenters. The lowest BCUT2D eigenvalue weighted by Gasteiger charge is -2.10. The van der Waals surface area contributed by atoms with E-state index in [9.17, 15) is 8.42 Å². The zero-order chi connectivity index (χ0) is 13.1. The highest BCUT2D eigenvalue weighted by molar-refractivity contribution is 7.91. The minimum atomic E-state index is -3.60. The van der Waals surface area contributed by atoms with Crippen molar-refractivity contribution in [2.45, 2.75) is 43.2 Å². The summed E-state index contributed by atoms with van der Waals surface area (Å²) in [6.45, 7) is 7.87. The molecule has 0 spiro atoms. The molecule has 5 heteroatoms. The molecule has 17 heavy (non-hydrogen) atoms. The van der Waals surface area contributed by atoms with Gasteiger partial charge in [0.2, 0.25) is 10.0 Å². The van der Waals surface area contributed by atoms with Crippen LogP contribution in [0.5, 0.6) is 0 Å². The summed E-state index contributed by atoms with van der Waals surface area (Å²) >= 11 is 1.23. The SMILES string of the molecule is C=CCCc1c(C(C)CC)csc1S(N)(=O)=O. The second-order valence-electron chi connectivity index (χ2n) is 4.14. The fourth-order valence-corrected chi connectivity index (χ4v) is 3.96. The monoisotopic (exact) mass is 273 g/mol. The van der Waals surface area contributed by atoms with E-state index >= 15 is 0 Å². The van der Waals surface area contributed by atoms with E-state index in [1.165, 1.54) is 11.3 Å². The fraction of sp³-hybridized carbons (Fsp3) is 0.500. The van der Waals surface area contributed by atoms with E-state index in [0.29, 0.717) is 16.5 Å². The van der Waals surface area contributed by atoms with Crippen molar-refractivity contribution >= 4 is 21.4 Å². The average molecular weight is 273 g/mol. The maximum atomic E-state index is 11.5. The molecule has 0 aliphatic heterocycles. The summed E-state index contributed by atoms with van der Waals surface area (Å²) in [6.07, 6.45) is 4.24. The Morgan fingerprint density at radius 3 is 2.71 bits per heavy atom. The molecule has 3 nitrogen and oxygen atoms in total. The minimum absolute atomic E-state index is 0.314. The van der Waals surface area contributed by atoms with Crippen molar-refractivity contribution in [2.75, 3.05) is 0 Å². The molecule has 96 valence electrons. The van der Waals surface area contributed by atoms with Crippen molar-refractivity contribution in [1.29, 1.82) is 0 Å². The van der Waals surface area contributed by atoms with Crippen molar-refractivity contribution in [1.82, 2.24) is 0 Å². The van der Waals surface area contributed by atoms with Crippen LogP contribution in [0.1, 0.15) is 43.7 Å². The molecular formula is C12H19NO2S2. The molecular weight excluding hydrogens is 254 g/mol. The molecule has 0 saturated heterocycles. The van der Waals surface area contributed by atoms with E-state index in [1.807, 2.05) is 5.38 Å². The second kappa shape index (κ2) is 5.80. The first kappa shape index (κ1) is 14.4. The molecule has 0 radical (unpaired) electrons. The Balaban J connectivity index is 3.24. The summed E-state index contributed by atoms with van der Waals surface area (Å²) in [5.74, 6) is 0.363. The third-order valence-electron chi connectivity index (χ3n) is 2.89. The first-order valence-electron chi connectivity index (χ1n) is 5.65. The largest absolute Gasteiger partial charge is 0.247 e. The predicted molar refractivity (Wildman–Crippen MR) is 72.9 cm³/mol. The smallest absolute Gasteiger partial charge is 0.224 e. The summed E-state index contributed by atoms with van der Waals surface area (Å²) in [4.78, 5) is 0. The van der Waals surface area contributed by atoms with Crippen LogP contribution >= 0.6 is 11.3 Å². The first-order valence-corrected chi connectivity index (χ1v) is 8.08. The van der Waals surface area contributed by atoms with Gasteiger partial charge in [0.15, 0.2) is 0 Å². The summed E-state index contributed by atoms with van der Waals surface area (Å²) in [5, 5.41) is 7.16. The zero-order valence-corrected chi connectivity index (χ0v) is 11.9. The van der Waals surface area contributed by atoms with Crippen LogP contribution in [0.25, 0.3) is 0 Å². The van der Waals surface area contributed by atoms with E-state index < -0.39 is 10.0 Å². The van der Waals surface area contributed by atoms with Crippen LogP contribution in [0.15, 0.2) is 22.2 Å². The fourth-order valence-electron chi connectivity index (χ4n) is 1.74. The Hall–Kier alpha value is -0.650. The van der Waals surface area contributed by atoms with Crippen LogP contribution in [-0.2, 0) is 16.4 Å². The third kappa shape index (κ3) is 3.40. The van der Waals surface area contributed by atoms with Gasteiger partial charge in [-0.3, -0.25) is 0 Å². The Morgan fingerprint density at radius 2 is 2.24 bits per heavy atom. The standard InChI is InChI=1S/C12H19NO2S2/c1-4-6-7-10-11(9(3)5-2)8-16-12(10)17(13,14)15/h4,8-9H,1,5-7H2,2-3H3,(H2,13,14,15). The quantitative estimate of drug-likeness (QED) is 0.810. The Morgan fingerprint density at radius 1 is 1.59 bits per heavy atom. The van der Waals surface area contributed by atoms with Crippen LogP contribution in [0.3, 0.4) is 0 Å². The highest BCUT2D eigenvalue weighted by Gasteiger charge is 2.21. The molecule has 0 saturated carbocycles. The number of primary sulfonamides is 1. The highest BCUT2D eigenvalue weighted by atomic mass is 32.2. The average Bonchev–Trinajstić information content (AvgIpc) is 2.68. The Labute approximate surface area is 107 Å². The van der Waals surface area contributed by atoms with Crippen molar-refractivity contribution in [2.24, 2.45) is 5.14 Å². The minimum Gasteiger partial charge on any atom is -0.224 e. The van der Waals surface area contributed by atoms with Gasteiger partial charge in [-0.15, -0.1) is 17.9 Å². The van der Waals surface area contributed by atoms with E-state index in [4.69, 9.17) is 5.14 Å². The topological polar surface area (TPSA) is 60.2 Å². The van der Waals surface area contributed by atoms with Crippen LogP contribution in [-0.4, -0.2) is 8.42 Å². The molecule has 0 aliphatic carbocycles. The van der Waals surface area contributed by atoms with E-state index in [2.05, 4.69) is 20.4 Å². The second-order valence-corrected chi connectivity index (χ2v) is 6.78. The molecule has 0 fully saturated rings. The van der Waals surface area contributed by atoms with Gasteiger partial charge in [-0.2, -0.15) is 0 Å². The molecule has 1 atom stereocenters. The number of sulfonamides is 1. The Kier molecular flexibility index (Phi) is 4.91. The van der Waals surface area contributed by atoms with Crippen LogP contribution in [0.2, 0.25) is 0 Å².